The number of unbranched alkanes of at least 4 members (excludes halogenated alkanes) is 3. The van der Waals surface area contributed by atoms with Gasteiger partial charge in [-0.2, -0.15) is 0 Å². The Balaban J connectivity index is 1.35. The van der Waals surface area contributed by atoms with Crippen LogP contribution in [-0.2, 0) is 22.4 Å². The molecule has 2 saturated carbocycles. The molecule has 1 N–H and O–H groups in total. The molecule has 1 aromatic rings. The zero-order chi connectivity index (χ0) is 18.5. The van der Waals surface area contributed by atoms with Crippen LogP contribution in [0.5, 0.6) is 5.75 Å². The SMILES string of the molecule is CC1(CCCCCc2cc(CCCCC3(OC=O)CC3)ccc2O)CC1. The first-order valence-corrected chi connectivity index (χ1v) is 10.5. The number of phenolic OH excluding ortho intramolecular Hbond substituents is 1. The topological polar surface area (TPSA) is 46.5 Å². The molecule has 0 amide bonds. The van der Waals surface area contributed by atoms with Gasteiger partial charge >= 0.3 is 0 Å². The number of ether oxygens (including phenoxy) is 1. The molecule has 0 bridgehead atoms. The fourth-order valence-electron chi connectivity index (χ4n) is 3.95. The largest absolute Gasteiger partial charge is 0.508 e. The molecule has 2 fully saturated rings. The van der Waals surface area contributed by atoms with Crippen molar-refractivity contribution < 1.29 is 14.6 Å². The number of rotatable bonds is 13. The highest BCUT2D eigenvalue weighted by atomic mass is 16.5. The molecule has 2 aliphatic carbocycles. The molecule has 1 aromatic carbocycles. The van der Waals surface area contributed by atoms with Crippen molar-refractivity contribution >= 4 is 6.47 Å². The molecule has 26 heavy (non-hydrogen) atoms. The van der Waals surface area contributed by atoms with Crippen LogP contribution in [0.2, 0.25) is 0 Å². The third-order valence-electron chi connectivity index (χ3n) is 6.43. The van der Waals surface area contributed by atoms with E-state index in [0.29, 0.717) is 17.6 Å². The van der Waals surface area contributed by atoms with Crippen molar-refractivity contribution in [2.45, 2.75) is 96.0 Å². The molecule has 0 aliphatic heterocycles. The van der Waals surface area contributed by atoms with Crippen LogP contribution in [0, 0.1) is 5.41 Å². The molecule has 0 unspecified atom stereocenters. The smallest absolute Gasteiger partial charge is 0.293 e. The van der Waals surface area contributed by atoms with Crippen molar-refractivity contribution in [1.82, 2.24) is 0 Å². The van der Waals surface area contributed by atoms with E-state index in [4.69, 9.17) is 4.74 Å². The van der Waals surface area contributed by atoms with E-state index in [9.17, 15) is 9.90 Å². The first kappa shape index (κ1) is 19.3. The lowest BCUT2D eigenvalue weighted by atomic mass is 9.97. The Bertz CT molecular complexity index is 599. The second-order valence-electron chi connectivity index (χ2n) is 8.94. The molecule has 0 aromatic heterocycles. The number of aromatic hydroxyl groups is 1. The number of carbonyl (C=O) groups is 1. The van der Waals surface area contributed by atoms with Gasteiger partial charge in [-0.1, -0.05) is 31.9 Å². The minimum atomic E-state index is -0.126. The molecular weight excluding hydrogens is 324 g/mol. The van der Waals surface area contributed by atoms with Crippen LogP contribution >= 0.6 is 0 Å². The molecule has 3 rings (SSSR count). The first-order valence-electron chi connectivity index (χ1n) is 10.5. The van der Waals surface area contributed by atoms with Crippen LogP contribution in [-0.4, -0.2) is 17.2 Å². The summed E-state index contributed by atoms with van der Waals surface area (Å²) < 4.78 is 5.20. The van der Waals surface area contributed by atoms with E-state index in [2.05, 4.69) is 13.0 Å². The van der Waals surface area contributed by atoms with Crippen molar-refractivity contribution in [2.75, 3.05) is 0 Å². The number of aryl methyl sites for hydroxylation is 2. The molecule has 0 saturated heterocycles. The number of carbonyl (C=O) groups excluding carboxylic acids is 1. The quantitative estimate of drug-likeness (QED) is 0.363. The fourth-order valence-corrected chi connectivity index (χ4v) is 3.95. The molecule has 2 aliphatic rings. The highest BCUT2D eigenvalue weighted by molar-refractivity contribution is 5.39. The van der Waals surface area contributed by atoms with Crippen LogP contribution in [0.25, 0.3) is 0 Å². The van der Waals surface area contributed by atoms with Gasteiger partial charge in [0.1, 0.15) is 11.4 Å². The van der Waals surface area contributed by atoms with Gasteiger partial charge in [0, 0.05) is 0 Å². The van der Waals surface area contributed by atoms with E-state index >= 15 is 0 Å². The Morgan fingerprint density at radius 2 is 1.73 bits per heavy atom. The maximum Gasteiger partial charge on any atom is 0.293 e. The Morgan fingerprint density at radius 1 is 1.00 bits per heavy atom. The standard InChI is InChI=1S/C23H34O3/c1-22(13-14-22)11-5-2-3-8-20-17-19(9-10-21(20)25)7-4-6-12-23(15-16-23)26-18-24/h9-10,17-18,25H,2-8,11-16H2,1H3. The number of hydrogen-bond acceptors (Lipinski definition) is 3. The lowest BCUT2D eigenvalue weighted by molar-refractivity contribution is -0.135. The van der Waals surface area contributed by atoms with E-state index in [1.54, 1.807) is 0 Å². The van der Waals surface area contributed by atoms with Gasteiger partial charge in [-0.15, -0.1) is 0 Å². The van der Waals surface area contributed by atoms with Gasteiger partial charge in [0.2, 0.25) is 0 Å². The third kappa shape index (κ3) is 5.75. The summed E-state index contributed by atoms with van der Waals surface area (Å²) in [5.41, 5.74) is 2.95. The summed E-state index contributed by atoms with van der Waals surface area (Å²) in [6, 6.07) is 6.09. The summed E-state index contributed by atoms with van der Waals surface area (Å²) in [7, 11) is 0. The fraction of sp³-hybridized carbons (Fsp3) is 0.696. The normalized spacial score (nSPS) is 19.1. The van der Waals surface area contributed by atoms with Gasteiger partial charge in [-0.05, 0) is 93.2 Å². The van der Waals surface area contributed by atoms with Crippen LogP contribution in [0.15, 0.2) is 18.2 Å². The zero-order valence-electron chi connectivity index (χ0n) is 16.3. The van der Waals surface area contributed by atoms with Gasteiger partial charge in [0.25, 0.3) is 6.47 Å². The van der Waals surface area contributed by atoms with E-state index in [1.807, 2.05) is 12.1 Å². The van der Waals surface area contributed by atoms with Crippen molar-refractivity contribution in [3.05, 3.63) is 29.3 Å². The van der Waals surface area contributed by atoms with Crippen LogP contribution in [0.4, 0.5) is 0 Å². The first-order chi connectivity index (χ1) is 12.5. The monoisotopic (exact) mass is 358 g/mol. The second-order valence-corrected chi connectivity index (χ2v) is 8.94. The minimum absolute atomic E-state index is 0.126. The van der Waals surface area contributed by atoms with Crippen molar-refractivity contribution in [1.29, 1.82) is 0 Å². The Hall–Kier alpha value is -1.51. The van der Waals surface area contributed by atoms with Crippen LogP contribution < -0.4 is 0 Å². The van der Waals surface area contributed by atoms with Crippen LogP contribution in [0.3, 0.4) is 0 Å². The highest BCUT2D eigenvalue weighted by Gasteiger charge is 2.44. The maximum atomic E-state index is 10.5. The van der Waals surface area contributed by atoms with E-state index < -0.39 is 0 Å². The van der Waals surface area contributed by atoms with Gasteiger partial charge in [-0.25, -0.2) is 0 Å². The number of phenols is 1. The molecule has 3 nitrogen and oxygen atoms in total. The van der Waals surface area contributed by atoms with Crippen molar-refractivity contribution in [2.24, 2.45) is 5.41 Å². The molecular formula is C23H34O3. The highest BCUT2D eigenvalue weighted by Crippen LogP contribution is 2.49. The molecule has 0 spiro atoms. The third-order valence-corrected chi connectivity index (χ3v) is 6.43. The average molecular weight is 359 g/mol. The van der Waals surface area contributed by atoms with E-state index in [-0.39, 0.29) is 5.60 Å². The molecule has 0 radical (unpaired) electrons. The van der Waals surface area contributed by atoms with E-state index in [0.717, 1.165) is 50.5 Å². The van der Waals surface area contributed by atoms with E-state index in [1.165, 1.54) is 44.1 Å². The van der Waals surface area contributed by atoms with Crippen molar-refractivity contribution in [3.63, 3.8) is 0 Å². The zero-order valence-corrected chi connectivity index (χ0v) is 16.3. The summed E-state index contributed by atoms with van der Waals surface area (Å²) in [6.45, 7) is 3.00. The Morgan fingerprint density at radius 3 is 2.42 bits per heavy atom. The Kier molecular flexibility index (Phi) is 6.26. The summed E-state index contributed by atoms with van der Waals surface area (Å²) in [4.78, 5) is 10.5. The molecule has 0 heterocycles. The molecule has 0 atom stereocenters. The summed E-state index contributed by atoms with van der Waals surface area (Å²) in [6.07, 6.45) is 15.2. The maximum absolute atomic E-state index is 10.5. The number of benzene rings is 1. The minimum Gasteiger partial charge on any atom is -0.508 e. The van der Waals surface area contributed by atoms with Crippen LogP contribution in [0.1, 0.15) is 88.7 Å². The van der Waals surface area contributed by atoms with Gasteiger partial charge in [-0.3, -0.25) is 4.79 Å². The van der Waals surface area contributed by atoms with Gasteiger partial charge < -0.3 is 9.84 Å². The predicted molar refractivity (Wildman–Crippen MR) is 104 cm³/mol. The summed E-state index contributed by atoms with van der Waals surface area (Å²) in [5.74, 6) is 0.444. The second kappa shape index (κ2) is 8.45. The van der Waals surface area contributed by atoms with Gasteiger partial charge in [0.05, 0.1) is 0 Å². The summed E-state index contributed by atoms with van der Waals surface area (Å²) >= 11 is 0. The Labute approximate surface area is 158 Å². The lowest BCUT2D eigenvalue weighted by Gasteiger charge is -2.13. The van der Waals surface area contributed by atoms with Crippen molar-refractivity contribution in [3.8, 4) is 5.75 Å². The number of hydrogen-bond donors (Lipinski definition) is 1. The molecule has 144 valence electrons. The summed E-state index contributed by atoms with van der Waals surface area (Å²) in [5, 5.41) is 10.1. The van der Waals surface area contributed by atoms with Gasteiger partial charge in [0.15, 0.2) is 0 Å². The lowest BCUT2D eigenvalue weighted by Crippen LogP contribution is -2.12. The predicted octanol–water partition coefficient (Wildman–Crippen LogP) is 5.71. The molecule has 3 heteroatoms. The average Bonchev–Trinajstić information content (AvgIpc) is 3.54.